The number of aryl methyl sites for hydroxylation is 4. The van der Waals surface area contributed by atoms with E-state index in [-0.39, 0.29) is 28.6 Å². The van der Waals surface area contributed by atoms with Gasteiger partial charge in [-0.25, -0.2) is 13.4 Å². The van der Waals surface area contributed by atoms with Crippen molar-refractivity contribution in [1.82, 2.24) is 14.9 Å². The summed E-state index contributed by atoms with van der Waals surface area (Å²) in [6, 6.07) is 11.9. The molecule has 2 N–H and O–H groups in total. The molecule has 8 heteroatoms. The van der Waals surface area contributed by atoms with Crippen molar-refractivity contribution < 1.29 is 13.2 Å². The maximum absolute atomic E-state index is 13.0. The summed E-state index contributed by atoms with van der Waals surface area (Å²) in [6.07, 6.45) is 5.21. The maximum atomic E-state index is 13.0. The van der Waals surface area contributed by atoms with Crippen molar-refractivity contribution in [1.29, 1.82) is 0 Å². The highest BCUT2D eigenvalue weighted by Gasteiger charge is 2.21. The molecule has 31 heavy (non-hydrogen) atoms. The normalized spacial score (nSPS) is 13.5. The quantitative estimate of drug-likeness (QED) is 0.615. The number of nitrogens with zero attached hydrogens (tertiary/aromatic N) is 2. The van der Waals surface area contributed by atoms with Crippen molar-refractivity contribution in [3.8, 4) is 0 Å². The number of sulfonamides is 1. The van der Waals surface area contributed by atoms with E-state index in [1.807, 2.05) is 19.2 Å². The average Bonchev–Trinajstić information content (AvgIpc) is 3.17. The Morgan fingerprint density at radius 2 is 1.94 bits per heavy atom. The second kappa shape index (κ2) is 8.55. The summed E-state index contributed by atoms with van der Waals surface area (Å²) < 4.78 is 30.7. The van der Waals surface area contributed by atoms with Crippen LogP contribution in [-0.2, 0) is 29.5 Å². The molecule has 0 saturated carbocycles. The summed E-state index contributed by atoms with van der Waals surface area (Å²) in [6.45, 7) is 4.83. The summed E-state index contributed by atoms with van der Waals surface area (Å²) in [4.78, 5) is 17.6. The van der Waals surface area contributed by atoms with Gasteiger partial charge in [0.05, 0.1) is 28.4 Å². The van der Waals surface area contributed by atoms with E-state index in [0.29, 0.717) is 5.56 Å². The standard InChI is InChI=1S/C23H26N4O3S/c1-16-10-11-17(2)21(13-16)31(29,30)26-20-8-4-3-7-19(20)23(28)24-14-18-15-27-12-6-5-9-22(27)25-18/h3-4,7-8,10-11,13,15,26H,5-6,9,12,14H2,1-2H3,(H,24,28). The zero-order valence-corrected chi connectivity index (χ0v) is 18.5. The Morgan fingerprint density at radius 3 is 2.74 bits per heavy atom. The van der Waals surface area contributed by atoms with E-state index in [2.05, 4.69) is 19.6 Å². The third-order valence-corrected chi connectivity index (χ3v) is 6.95. The van der Waals surface area contributed by atoms with E-state index in [1.54, 1.807) is 43.3 Å². The Bertz CT molecular complexity index is 1210. The van der Waals surface area contributed by atoms with Crippen LogP contribution >= 0.6 is 0 Å². The van der Waals surface area contributed by atoms with E-state index in [4.69, 9.17) is 0 Å². The molecule has 0 aliphatic carbocycles. The summed E-state index contributed by atoms with van der Waals surface area (Å²) in [5, 5.41) is 2.86. The molecule has 1 amide bonds. The fraction of sp³-hybridized carbons (Fsp3) is 0.304. The topological polar surface area (TPSA) is 93.1 Å². The Balaban J connectivity index is 1.52. The van der Waals surface area contributed by atoms with E-state index < -0.39 is 10.0 Å². The maximum Gasteiger partial charge on any atom is 0.262 e. The van der Waals surface area contributed by atoms with Crippen molar-refractivity contribution >= 4 is 21.6 Å². The predicted molar refractivity (Wildman–Crippen MR) is 120 cm³/mol. The highest BCUT2D eigenvalue weighted by atomic mass is 32.2. The van der Waals surface area contributed by atoms with Crippen molar-refractivity contribution in [3.05, 3.63) is 76.9 Å². The van der Waals surface area contributed by atoms with Gasteiger partial charge in [-0.2, -0.15) is 0 Å². The van der Waals surface area contributed by atoms with Crippen LogP contribution in [0.2, 0.25) is 0 Å². The number of nitrogens with one attached hydrogen (secondary N) is 2. The van der Waals surface area contributed by atoms with Gasteiger partial charge in [0, 0.05) is 19.2 Å². The molecule has 162 valence electrons. The highest BCUT2D eigenvalue weighted by Crippen LogP contribution is 2.23. The minimum absolute atomic E-state index is 0.200. The van der Waals surface area contributed by atoms with Crippen LogP contribution in [0.15, 0.2) is 53.6 Å². The molecule has 0 fully saturated rings. The molecule has 1 aliphatic heterocycles. The van der Waals surface area contributed by atoms with Gasteiger partial charge in [0.15, 0.2) is 0 Å². The zero-order chi connectivity index (χ0) is 22.0. The van der Waals surface area contributed by atoms with E-state index >= 15 is 0 Å². The monoisotopic (exact) mass is 438 g/mol. The zero-order valence-electron chi connectivity index (χ0n) is 17.7. The number of benzene rings is 2. The van der Waals surface area contributed by atoms with E-state index in [9.17, 15) is 13.2 Å². The van der Waals surface area contributed by atoms with Gasteiger partial charge in [-0.05, 0) is 56.0 Å². The Labute approximate surface area is 182 Å². The number of carbonyl (C=O) groups excluding carboxylic acids is 1. The first kappa shape index (κ1) is 21.1. The summed E-state index contributed by atoms with van der Waals surface area (Å²) >= 11 is 0. The van der Waals surface area contributed by atoms with Gasteiger partial charge in [0.1, 0.15) is 5.82 Å². The molecule has 0 unspecified atom stereocenters. The van der Waals surface area contributed by atoms with Crippen LogP contribution in [0.1, 0.15) is 45.8 Å². The first-order valence-electron chi connectivity index (χ1n) is 10.4. The fourth-order valence-electron chi connectivity index (χ4n) is 3.79. The van der Waals surface area contributed by atoms with Crippen LogP contribution in [0, 0.1) is 13.8 Å². The number of rotatable bonds is 6. The van der Waals surface area contributed by atoms with Crippen LogP contribution in [0.5, 0.6) is 0 Å². The minimum Gasteiger partial charge on any atom is -0.346 e. The number of hydrogen-bond donors (Lipinski definition) is 2. The average molecular weight is 439 g/mol. The van der Waals surface area contributed by atoms with Gasteiger partial charge in [-0.3, -0.25) is 9.52 Å². The molecule has 0 saturated heterocycles. The molecule has 0 bridgehead atoms. The van der Waals surface area contributed by atoms with Crippen LogP contribution in [0.25, 0.3) is 0 Å². The number of fused-ring (bicyclic) bond motifs is 1. The van der Waals surface area contributed by atoms with Gasteiger partial charge in [-0.1, -0.05) is 24.3 Å². The van der Waals surface area contributed by atoms with Crippen LogP contribution in [0.4, 0.5) is 5.69 Å². The van der Waals surface area contributed by atoms with E-state index in [0.717, 1.165) is 42.9 Å². The molecule has 3 aromatic rings. The first-order valence-corrected chi connectivity index (χ1v) is 11.8. The van der Waals surface area contributed by atoms with Crippen molar-refractivity contribution in [2.45, 2.75) is 51.1 Å². The number of para-hydroxylation sites is 1. The van der Waals surface area contributed by atoms with Gasteiger partial charge >= 0.3 is 0 Å². The van der Waals surface area contributed by atoms with Gasteiger partial charge in [0.2, 0.25) is 0 Å². The lowest BCUT2D eigenvalue weighted by Crippen LogP contribution is -2.25. The summed E-state index contributed by atoms with van der Waals surface area (Å²) in [5.41, 5.74) is 2.80. The Morgan fingerprint density at radius 1 is 1.13 bits per heavy atom. The molecule has 1 aliphatic rings. The molecule has 2 heterocycles. The molecule has 0 radical (unpaired) electrons. The highest BCUT2D eigenvalue weighted by molar-refractivity contribution is 7.92. The molecule has 4 rings (SSSR count). The molecule has 2 aromatic carbocycles. The van der Waals surface area contributed by atoms with Crippen LogP contribution in [-0.4, -0.2) is 23.9 Å². The number of carbonyl (C=O) groups is 1. The largest absolute Gasteiger partial charge is 0.346 e. The number of imidazole rings is 1. The molecule has 1 aromatic heterocycles. The number of amides is 1. The summed E-state index contributed by atoms with van der Waals surface area (Å²) in [5.74, 6) is 0.697. The Kier molecular flexibility index (Phi) is 5.82. The molecule has 7 nitrogen and oxygen atoms in total. The Hall–Kier alpha value is -3.13. The second-order valence-electron chi connectivity index (χ2n) is 7.90. The van der Waals surface area contributed by atoms with Crippen molar-refractivity contribution in [3.63, 3.8) is 0 Å². The van der Waals surface area contributed by atoms with Crippen molar-refractivity contribution in [2.75, 3.05) is 4.72 Å². The predicted octanol–water partition coefficient (Wildman–Crippen LogP) is 3.57. The van der Waals surface area contributed by atoms with E-state index in [1.165, 1.54) is 0 Å². The lowest BCUT2D eigenvalue weighted by molar-refractivity contribution is 0.0951. The van der Waals surface area contributed by atoms with Crippen LogP contribution in [0.3, 0.4) is 0 Å². The smallest absolute Gasteiger partial charge is 0.262 e. The molecule has 0 spiro atoms. The van der Waals surface area contributed by atoms with Gasteiger partial charge in [0.25, 0.3) is 15.9 Å². The third-order valence-electron chi connectivity index (χ3n) is 5.44. The van der Waals surface area contributed by atoms with Crippen LogP contribution < -0.4 is 10.0 Å². The second-order valence-corrected chi connectivity index (χ2v) is 9.55. The number of anilines is 1. The molecule has 0 atom stereocenters. The molecular formula is C23H26N4O3S. The SMILES string of the molecule is Cc1ccc(C)c(S(=O)(=O)Nc2ccccc2C(=O)NCc2cn3c(n2)CCCC3)c1. The number of hydrogen-bond acceptors (Lipinski definition) is 4. The van der Waals surface area contributed by atoms with Crippen molar-refractivity contribution in [2.24, 2.45) is 0 Å². The van der Waals surface area contributed by atoms with Gasteiger partial charge < -0.3 is 9.88 Å². The fourth-order valence-corrected chi connectivity index (χ4v) is 5.20. The lowest BCUT2D eigenvalue weighted by Gasteiger charge is -2.14. The van der Waals surface area contributed by atoms with Gasteiger partial charge in [-0.15, -0.1) is 0 Å². The molecular weight excluding hydrogens is 412 g/mol. The summed E-state index contributed by atoms with van der Waals surface area (Å²) in [7, 11) is -3.84. The third kappa shape index (κ3) is 4.64. The lowest BCUT2D eigenvalue weighted by atomic mass is 10.1. The minimum atomic E-state index is -3.84. The first-order chi connectivity index (χ1) is 14.8. The number of aromatic nitrogens is 2.